The fourth-order valence-corrected chi connectivity index (χ4v) is 6.28. The average molecular weight is 559 g/mol. The van der Waals surface area contributed by atoms with Crippen molar-refractivity contribution in [2.24, 2.45) is 0 Å². The fourth-order valence-electron chi connectivity index (χ4n) is 4.28. The van der Waals surface area contributed by atoms with E-state index in [4.69, 9.17) is 5.11 Å². The number of nitrogens with zero attached hydrogens (tertiary/aromatic N) is 1. The normalized spacial score (nSPS) is 13.1. The molecule has 1 heterocycles. The Bertz CT molecular complexity index is 1290. The number of aliphatic hydroxyl groups excluding tert-OH is 1. The SMILES string of the molecule is CN(C[C@H](O)CNC(C)(C)CCCc1cccs1)S(=O)(=O)c1cccc(-c2cccc(CCC(=O)O)c2)c1. The summed E-state index contributed by atoms with van der Waals surface area (Å²) in [4.78, 5) is 12.4. The van der Waals surface area contributed by atoms with Gasteiger partial charge >= 0.3 is 5.97 Å². The number of carbonyl (C=O) groups is 1. The third-order valence-corrected chi connectivity index (χ3v) is 9.27. The van der Waals surface area contributed by atoms with Gasteiger partial charge in [0, 0.05) is 37.0 Å². The number of aliphatic carboxylic acids is 1. The second-order valence-corrected chi connectivity index (χ2v) is 13.3. The first-order valence-corrected chi connectivity index (χ1v) is 15.1. The van der Waals surface area contributed by atoms with Crippen LogP contribution in [0, 0.1) is 0 Å². The molecule has 0 saturated heterocycles. The minimum Gasteiger partial charge on any atom is -0.481 e. The first-order chi connectivity index (χ1) is 18.0. The molecule has 38 heavy (non-hydrogen) atoms. The number of carboxylic acid groups (broad SMARTS) is 1. The van der Waals surface area contributed by atoms with Crippen LogP contribution in [-0.2, 0) is 27.7 Å². The smallest absolute Gasteiger partial charge is 0.303 e. The first kappa shape index (κ1) is 30.0. The van der Waals surface area contributed by atoms with E-state index in [-0.39, 0.29) is 29.9 Å². The van der Waals surface area contributed by atoms with E-state index in [0.717, 1.165) is 36.0 Å². The highest BCUT2D eigenvalue weighted by Gasteiger charge is 2.25. The maximum atomic E-state index is 13.3. The van der Waals surface area contributed by atoms with E-state index in [1.54, 1.807) is 29.5 Å². The van der Waals surface area contributed by atoms with Gasteiger partial charge in [0.1, 0.15) is 0 Å². The minimum absolute atomic E-state index is 0.0322. The molecule has 2 aromatic carbocycles. The van der Waals surface area contributed by atoms with Crippen LogP contribution >= 0.6 is 11.3 Å². The molecule has 3 N–H and O–H groups in total. The summed E-state index contributed by atoms with van der Waals surface area (Å²) in [7, 11) is -2.34. The Labute approximate surface area is 230 Å². The van der Waals surface area contributed by atoms with Crippen molar-refractivity contribution in [3.05, 3.63) is 76.5 Å². The quantitative estimate of drug-likeness (QED) is 0.247. The van der Waals surface area contributed by atoms with Crippen molar-refractivity contribution in [1.82, 2.24) is 9.62 Å². The molecule has 9 heteroatoms. The maximum absolute atomic E-state index is 13.3. The molecule has 0 saturated carbocycles. The van der Waals surface area contributed by atoms with Crippen molar-refractivity contribution in [2.45, 2.75) is 62.5 Å². The summed E-state index contributed by atoms with van der Waals surface area (Å²) in [5.74, 6) is -0.860. The van der Waals surface area contributed by atoms with Gasteiger partial charge in [0.15, 0.2) is 0 Å². The number of hydrogen-bond acceptors (Lipinski definition) is 6. The Morgan fingerprint density at radius 1 is 1.05 bits per heavy atom. The number of sulfonamides is 1. The molecule has 0 aliphatic carbocycles. The standard InChI is InChI=1S/C29H38N2O5S2/c1-29(2,16-6-11-26-12-7-17-37-26)30-20-25(32)21-31(3)38(35,36)27-13-5-10-24(19-27)23-9-4-8-22(18-23)14-15-28(33)34/h4-5,7-10,12-13,17-19,25,30,32H,6,11,14-16,20-21H2,1-3H3,(H,33,34)/t25-/m1/s1. The molecule has 0 amide bonds. The Balaban J connectivity index is 1.58. The van der Waals surface area contributed by atoms with Gasteiger partial charge in [0.25, 0.3) is 0 Å². The number of aryl methyl sites for hydroxylation is 2. The van der Waals surface area contributed by atoms with Crippen LogP contribution in [0.1, 0.15) is 43.6 Å². The van der Waals surface area contributed by atoms with E-state index >= 15 is 0 Å². The van der Waals surface area contributed by atoms with E-state index < -0.39 is 22.1 Å². The molecule has 7 nitrogen and oxygen atoms in total. The molecular formula is C29H38N2O5S2. The highest BCUT2D eigenvalue weighted by Crippen LogP contribution is 2.25. The van der Waals surface area contributed by atoms with Crippen LogP contribution in [0.25, 0.3) is 11.1 Å². The Kier molecular flexibility index (Phi) is 10.6. The lowest BCUT2D eigenvalue weighted by atomic mass is 9.96. The van der Waals surface area contributed by atoms with Gasteiger partial charge in [-0.05, 0) is 79.8 Å². The van der Waals surface area contributed by atoms with E-state index in [2.05, 4.69) is 36.7 Å². The summed E-state index contributed by atoms with van der Waals surface area (Å²) >= 11 is 1.76. The Hall–Kier alpha value is -2.56. The summed E-state index contributed by atoms with van der Waals surface area (Å²) in [6.45, 7) is 4.44. The predicted octanol–water partition coefficient (Wildman–Crippen LogP) is 4.80. The number of likely N-dealkylation sites (N-methyl/N-ethyl adjacent to an activating group) is 1. The van der Waals surface area contributed by atoms with Gasteiger partial charge in [-0.1, -0.05) is 42.5 Å². The zero-order valence-corrected chi connectivity index (χ0v) is 23.9. The number of β-amino-alcohol motifs (C(OH)–C–C–N with tert-alkyl or cyclic N) is 1. The Morgan fingerprint density at radius 3 is 2.45 bits per heavy atom. The van der Waals surface area contributed by atoms with Crippen LogP contribution in [0.2, 0.25) is 0 Å². The zero-order valence-electron chi connectivity index (χ0n) is 22.3. The zero-order chi connectivity index (χ0) is 27.8. The van der Waals surface area contributed by atoms with Crippen molar-refractivity contribution >= 4 is 27.3 Å². The van der Waals surface area contributed by atoms with Crippen molar-refractivity contribution in [2.75, 3.05) is 20.1 Å². The van der Waals surface area contributed by atoms with Crippen molar-refractivity contribution in [3.8, 4) is 11.1 Å². The molecular weight excluding hydrogens is 520 g/mol. The molecule has 0 aliphatic rings. The average Bonchev–Trinajstić information content (AvgIpc) is 3.40. The lowest BCUT2D eigenvalue weighted by Gasteiger charge is -2.29. The van der Waals surface area contributed by atoms with E-state index in [1.165, 1.54) is 16.2 Å². The Morgan fingerprint density at radius 2 is 1.76 bits per heavy atom. The van der Waals surface area contributed by atoms with Crippen LogP contribution in [0.15, 0.2) is 70.9 Å². The molecule has 1 aromatic heterocycles. The topological polar surface area (TPSA) is 107 Å². The van der Waals surface area contributed by atoms with Crippen molar-refractivity contribution in [3.63, 3.8) is 0 Å². The van der Waals surface area contributed by atoms with Crippen LogP contribution < -0.4 is 5.32 Å². The first-order valence-electron chi connectivity index (χ1n) is 12.8. The third-order valence-electron chi connectivity index (χ3n) is 6.52. The lowest BCUT2D eigenvalue weighted by molar-refractivity contribution is -0.136. The van der Waals surface area contributed by atoms with E-state index in [0.29, 0.717) is 6.42 Å². The van der Waals surface area contributed by atoms with E-state index in [9.17, 15) is 18.3 Å². The summed E-state index contributed by atoms with van der Waals surface area (Å²) in [6.07, 6.45) is 2.58. The van der Waals surface area contributed by atoms with Gasteiger partial charge in [-0.3, -0.25) is 4.79 Å². The largest absolute Gasteiger partial charge is 0.481 e. The van der Waals surface area contributed by atoms with Gasteiger partial charge in [0.2, 0.25) is 10.0 Å². The maximum Gasteiger partial charge on any atom is 0.303 e. The van der Waals surface area contributed by atoms with Crippen LogP contribution in [0.4, 0.5) is 0 Å². The molecule has 3 rings (SSSR count). The fraction of sp³-hybridized carbons (Fsp3) is 0.414. The summed E-state index contributed by atoms with van der Waals surface area (Å²) in [5.41, 5.74) is 2.24. The lowest BCUT2D eigenvalue weighted by Crippen LogP contribution is -2.46. The van der Waals surface area contributed by atoms with Crippen molar-refractivity contribution < 1.29 is 23.4 Å². The number of nitrogens with one attached hydrogen (secondary N) is 1. The molecule has 0 unspecified atom stereocenters. The van der Waals surface area contributed by atoms with Crippen LogP contribution in [-0.4, -0.2) is 60.7 Å². The number of hydrogen-bond donors (Lipinski definition) is 3. The number of carboxylic acids is 1. The van der Waals surface area contributed by atoms with Gasteiger partial charge in [-0.25, -0.2) is 8.42 Å². The molecule has 3 aromatic rings. The van der Waals surface area contributed by atoms with Gasteiger partial charge in [-0.15, -0.1) is 11.3 Å². The molecule has 0 bridgehead atoms. The van der Waals surface area contributed by atoms with E-state index in [1.807, 2.05) is 30.3 Å². The second-order valence-electron chi connectivity index (χ2n) is 10.3. The summed E-state index contributed by atoms with van der Waals surface area (Å²) in [5, 5.41) is 25.0. The molecule has 0 aliphatic heterocycles. The predicted molar refractivity (Wildman–Crippen MR) is 153 cm³/mol. The minimum atomic E-state index is -3.82. The second kappa shape index (κ2) is 13.5. The van der Waals surface area contributed by atoms with Crippen molar-refractivity contribution in [1.29, 1.82) is 0 Å². The molecule has 0 spiro atoms. The summed E-state index contributed by atoms with van der Waals surface area (Å²) < 4.78 is 27.7. The molecule has 0 fully saturated rings. The number of thiophene rings is 1. The summed E-state index contributed by atoms with van der Waals surface area (Å²) in [6, 6.07) is 18.3. The van der Waals surface area contributed by atoms with Gasteiger partial charge < -0.3 is 15.5 Å². The number of aliphatic hydroxyl groups is 1. The highest BCUT2D eigenvalue weighted by molar-refractivity contribution is 7.89. The molecule has 0 radical (unpaired) electrons. The monoisotopic (exact) mass is 558 g/mol. The molecule has 1 atom stereocenters. The van der Waals surface area contributed by atoms with Crippen LogP contribution in [0.3, 0.4) is 0 Å². The van der Waals surface area contributed by atoms with Gasteiger partial charge in [-0.2, -0.15) is 4.31 Å². The third kappa shape index (κ3) is 9.03. The highest BCUT2D eigenvalue weighted by atomic mass is 32.2. The van der Waals surface area contributed by atoms with Gasteiger partial charge in [0.05, 0.1) is 11.0 Å². The van der Waals surface area contributed by atoms with Crippen LogP contribution in [0.5, 0.6) is 0 Å². The number of benzene rings is 2. The molecule has 206 valence electrons. The number of rotatable bonds is 15.